The lowest BCUT2D eigenvalue weighted by atomic mass is 10.1. The van der Waals surface area contributed by atoms with Gasteiger partial charge in [0.15, 0.2) is 0 Å². The molecule has 0 radical (unpaired) electrons. The molecule has 1 aromatic carbocycles. The SMILES string of the molecule is CCOCCCc1c(N2CCN(S(=O)(=O)C(C)C)CC2)cnn(-c2ccc(F)cc2)c1=O. The number of anilines is 1. The van der Waals surface area contributed by atoms with E-state index < -0.39 is 15.3 Å². The third kappa shape index (κ3) is 5.36. The van der Waals surface area contributed by atoms with Gasteiger partial charge in [0.05, 0.1) is 22.8 Å². The van der Waals surface area contributed by atoms with E-state index in [-0.39, 0.29) is 11.4 Å². The highest BCUT2D eigenvalue weighted by Gasteiger charge is 2.30. The summed E-state index contributed by atoms with van der Waals surface area (Å²) in [5, 5.41) is 3.86. The van der Waals surface area contributed by atoms with Gasteiger partial charge in [0.1, 0.15) is 5.82 Å². The first kappa shape index (κ1) is 24.3. The molecule has 0 N–H and O–H groups in total. The van der Waals surface area contributed by atoms with Crippen LogP contribution in [0, 0.1) is 5.82 Å². The number of piperazine rings is 1. The molecule has 1 fully saturated rings. The maximum absolute atomic E-state index is 13.3. The van der Waals surface area contributed by atoms with E-state index in [1.54, 1.807) is 20.0 Å². The van der Waals surface area contributed by atoms with Crippen LogP contribution < -0.4 is 10.5 Å². The van der Waals surface area contributed by atoms with Crippen LogP contribution in [0.1, 0.15) is 32.8 Å². The maximum atomic E-state index is 13.3. The molecule has 1 aliphatic rings. The topological polar surface area (TPSA) is 84.7 Å². The van der Waals surface area contributed by atoms with Crippen molar-refractivity contribution in [2.75, 3.05) is 44.3 Å². The molecule has 0 atom stereocenters. The molecule has 0 spiro atoms. The molecule has 176 valence electrons. The Morgan fingerprint density at radius 2 is 1.78 bits per heavy atom. The van der Waals surface area contributed by atoms with Crippen LogP contribution in [0.25, 0.3) is 5.69 Å². The lowest BCUT2D eigenvalue weighted by Gasteiger charge is -2.36. The number of aromatic nitrogens is 2. The van der Waals surface area contributed by atoms with Crippen molar-refractivity contribution >= 4 is 15.7 Å². The fourth-order valence-electron chi connectivity index (χ4n) is 3.73. The Morgan fingerprint density at radius 1 is 1.12 bits per heavy atom. The van der Waals surface area contributed by atoms with Crippen LogP contribution in [0.15, 0.2) is 35.3 Å². The summed E-state index contributed by atoms with van der Waals surface area (Å²) in [6.45, 7) is 8.10. The summed E-state index contributed by atoms with van der Waals surface area (Å²) in [6, 6.07) is 5.62. The monoisotopic (exact) mass is 466 g/mol. The van der Waals surface area contributed by atoms with Gasteiger partial charge in [-0.3, -0.25) is 4.79 Å². The minimum absolute atomic E-state index is 0.261. The smallest absolute Gasteiger partial charge is 0.276 e. The Labute approximate surface area is 188 Å². The predicted molar refractivity (Wildman–Crippen MR) is 122 cm³/mol. The second-order valence-corrected chi connectivity index (χ2v) is 10.5. The minimum atomic E-state index is -3.31. The van der Waals surface area contributed by atoms with E-state index in [1.165, 1.54) is 33.3 Å². The van der Waals surface area contributed by atoms with Gasteiger partial charge in [-0.05, 0) is 57.9 Å². The number of hydrogen-bond acceptors (Lipinski definition) is 6. The van der Waals surface area contributed by atoms with E-state index >= 15 is 0 Å². The van der Waals surface area contributed by atoms with Gasteiger partial charge in [0, 0.05) is 45.0 Å². The van der Waals surface area contributed by atoms with Crippen molar-refractivity contribution < 1.29 is 17.5 Å². The molecule has 1 aliphatic heterocycles. The second kappa shape index (κ2) is 10.5. The molecule has 2 aromatic rings. The molecular weight excluding hydrogens is 435 g/mol. The van der Waals surface area contributed by atoms with Gasteiger partial charge in [-0.25, -0.2) is 12.8 Å². The Hall–Kier alpha value is -2.30. The van der Waals surface area contributed by atoms with Gasteiger partial charge >= 0.3 is 0 Å². The largest absolute Gasteiger partial charge is 0.382 e. The van der Waals surface area contributed by atoms with Crippen molar-refractivity contribution in [2.45, 2.75) is 38.9 Å². The van der Waals surface area contributed by atoms with E-state index in [0.29, 0.717) is 69.2 Å². The van der Waals surface area contributed by atoms with Crippen molar-refractivity contribution in [3.63, 3.8) is 0 Å². The maximum Gasteiger partial charge on any atom is 0.276 e. The molecule has 1 aromatic heterocycles. The Morgan fingerprint density at radius 3 is 2.38 bits per heavy atom. The number of ether oxygens (including phenoxy) is 1. The summed E-state index contributed by atoms with van der Waals surface area (Å²) >= 11 is 0. The molecular formula is C22H31FN4O4S. The van der Waals surface area contributed by atoms with Crippen LogP contribution in [0.2, 0.25) is 0 Å². The molecule has 3 rings (SSSR count). The van der Waals surface area contributed by atoms with Gasteiger partial charge in [-0.2, -0.15) is 14.1 Å². The summed E-state index contributed by atoms with van der Waals surface area (Å²) < 4.78 is 46.5. The number of nitrogens with zero attached hydrogens (tertiary/aromatic N) is 4. The highest BCUT2D eigenvalue weighted by Crippen LogP contribution is 2.22. The first-order valence-electron chi connectivity index (χ1n) is 10.9. The second-order valence-electron chi connectivity index (χ2n) is 7.98. The first-order valence-corrected chi connectivity index (χ1v) is 12.4. The fourth-order valence-corrected chi connectivity index (χ4v) is 5.00. The third-order valence-corrected chi connectivity index (χ3v) is 7.86. The van der Waals surface area contributed by atoms with Crippen molar-refractivity contribution in [1.82, 2.24) is 14.1 Å². The fraction of sp³-hybridized carbons (Fsp3) is 0.545. The third-order valence-electron chi connectivity index (χ3n) is 5.58. The molecule has 2 heterocycles. The summed E-state index contributed by atoms with van der Waals surface area (Å²) in [5.41, 5.74) is 1.54. The lowest BCUT2D eigenvalue weighted by molar-refractivity contribution is 0.145. The number of hydrogen-bond donors (Lipinski definition) is 0. The van der Waals surface area contributed by atoms with E-state index in [2.05, 4.69) is 5.10 Å². The normalized spacial score (nSPS) is 15.5. The molecule has 0 aliphatic carbocycles. The average molecular weight is 467 g/mol. The van der Waals surface area contributed by atoms with Gasteiger partial charge in [-0.15, -0.1) is 0 Å². The Balaban J connectivity index is 1.89. The molecule has 0 bridgehead atoms. The quantitative estimate of drug-likeness (QED) is 0.527. The molecule has 1 saturated heterocycles. The van der Waals surface area contributed by atoms with Crippen molar-refractivity contribution in [1.29, 1.82) is 0 Å². The zero-order valence-corrected chi connectivity index (χ0v) is 19.6. The van der Waals surface area contributed by atoms with Crippen LogP contribution in [0.3, 0.4) is 0 Å². The van der Waals surface area contributed by atoms with E-state index in [1.807, 2.05) is 11.8 Å². The summed E-state index contributed by atoms with van der Waals surface area (Å²) in [6.07, 6.45) is 2.82. The molecule has 10 heteroatoms. The van der Waals surface area contributed by atoms with Crippen LogP contribution in [-0.2, 0) is 21.2 Å². The predicted octanol–water partition coefficient (Wildman–Crippen LogP) is 2.20. The zero-order chi connectivity index (χ0) is 23.3. The summed E-state index contributed by atoms with van der Waals surface area (Å²) in [5.74, 6) is -0.385. The lowest BCUT2D eigenvalue weighted by Crippen LogP contribution is -2.51. The van der Waals surface area contributed by atoms with Crippen LogP contribution in [0.5, 0.6) is 0 Å². The summed E-state index contributed by atoms with van der Waals surface area (Å²) in [7, 11) is -3.31. The molecule has 0 unspecified atom stereocenters. The van der Waals surface area contributed by atoms with Crippen molar-refractivity contribution in [2.24, 2.45) is 0 Å². The van der Waals surface area contributed by atoms with Gasteiger partial charge < -0.3 is 9.64 Å². The highest BCUT2D eigenvalue weighted by atomic mass is 32.2. The first-order chi connectivity index (χ1) is 15.3. The minimum Gasteiger partial charge on any atom is -0.382 e. The Bertz CT molecular complexity index is 1060. The van der Waals surface area contributed by atoms with Crippen LogP contribution in [0.4, 0.5) is 10.1 Å². The number of rotatable bonds is 9. The zero-order valence-electron chi connectivity index (χ0n) is 18.8. The molecule has 32 heavy (non-hydrogen) atoms. The average Bonchev–Trinajstić information content (AvgIpc) is 2.78. The molecule has 0 saturated carbocycles. The number of sulfonamides is 1. The summed E-state index contributed by atoms with van der Waals surface area (Å²) in [4.78, 5) is 15.3. The number of halogens is 1. The van der Waals surface area contributed by atoms with Gasteiger partial charge in [-0.1, -0.05) is 0 Å². The van der Waals surface area contributed by atoms with Crippen molar-refractivity contribution in [3.05, 3.63) is 52.2 Å². The molecule has 0 amide bonds. The van der Waals surface area contributed by atoms with Crippen molar-refractivity contribution in [3.8, 4) is 5.69 Å². The van der Waals surface area contributed by atoms with E-state index in [9.17, 15) is 17.6 Å². The van der Waals surface area contributed by atoms with Gasteiger partial charge in [0.25, 0.3) is 5.56 Å². The van der Waals surface area contributed by atoms with Gasteiger partial charge in [0.2, 0.25) is 10.0 Å². The van der Waals surface area contributed by atoms with E-state index in [4.69, 9.17) is 4.74 Å². The van der Waals surface area contributed by atoms with Crippen LogP contribution in [-0.4, -0.2) is 67.1 Å². The standard InChI is InChI=1S/C22H31FN4O4S/c1-4-31-15-5-6-20-21(25-11-13-26(14-12-25)32(29,30)17(2)3)16-24-27(22(20)28)19-9-7-18(23)8-10-19/h7-10,16-17H,4-6,11-15H2,1-3H3. The number of benzene rings is 1. The van der Waals surface area contributed by atoms with Crippen LogP contribution >= 0.6 is 0 Å². The highest BCUT2D eigenvalue weighted by molar-refractivity contribution is 7.89. The van der Waals surface area contributed by atoms with E-state index in [0.717, 1.165) is 0 Å². The molecule has 8 nitrogen and oxygen atoms in total. The Kier molecular flexibility index (Phi) is 8.02.